The lowest BCUT2D eigenvalue weighted by Crippen LogP contribution is -2.27. The molecule has 1 N–H and O–H groups in total. The molecule has 0 aliphatic rings. The fourth-order valence-electron chi connectivity index (χ4n) is 1.12. The normalized spacial score (nSPS) is 10.9. The molecule has 1 heterocycles. The number of hydrogen-bond donors (Lipinski definition) is 1. The Morgan fingerprint density at radius 1 is 1.41 bits per heavy atom. The van der Waals surface area contributed by atoms with Crippen molar-refractivity contribution in [2.24, 2.45) is 0 Å². The van der Waals surface area contributed by atoms with Crippen molar-refractivity contribution >= 4 is 26.0 Å². The molecule has 0 spiro atoms. The fraction of sp³-hybridized carbons (Fsp3) is 0.333. The molecule has 17 heavy (non-hydrogen) atoms. The third kappa shape index (κ3) is 6.75. The number of carbonyl (C=O) groups is 1. The molecule has 1 aromatic heterocycles. The van der Waals surface area contributed by atoms with Gasteiger partial charge in [0.25, 0.3) is 0 Å². The maximum Gasteiger partial charge on any atom is 0.421 e. The number of aryl methyl sites for hydroxylation is 1. The van der Waals surface area contributed by atoms with Crippen LogP contribution in [0.4, 0.5) is 4.79 Å². The van der Waals surface area contributed by atoms with Crippen LogP contribution in [0.5, 0.6) is 0 Å². The van der Waals surface area contributed by atoms with E-state index in [1.807, 2.05) is 12.1 Å². The van der Waals surface area contributed by atoms with Gasteiger partial charge in [-0.3, -0.25) is 4.98 Å². The number of hydrogen-bond acceptors (Lipinski definition) is 5. The summed E-state index contributed by atoms with van der Waals surface area (Å²) >= 11 is 0. The third-order valence-electron chi connectivity index (χ3n) is 1.80. The quantitative estimate of drug-likeness (QED) is 0.647. The summed E-state index contributed by atoms with van der Waals surface area (Å²) in [6, 6.07) is 3.70. The van der Waals surface area contributed by atoms with Crippen molar-refractivity contribution in [3.8, 4) is 0 Å². The Morgan fingerprint density at radius 2 is 2.06 bits per heavy atom. The maximum absolute atomic E-state index is 10.9. The van der Waals surface area contributed by atoms with Gasteiger partial charge in [0.15, 0.2) is 0 Å². The number of nitrogens with zero attached hydrogens (tertiary/aromatic N) is 1. The first kappa shape index (κ1) is 13.7. The van der Waals surface area contributed by atoms with Crippen molar-refractivity contribution in [1.82, 2.24) is 9.71 Å². The number of rotatable bonds is 5. The highest BCUT2D eigenvalue weighted by atomic mass is 35.7. The Balaban J connectivity index is 2.19. The van der Waals surface area contributed by atoms with Crippen molar-refractivity contribution in [2.45, 2.75) is 12.8 Å². The molecule has 94 valence electrons. The monoisotopic (exact) mass is 278 g/mol. The number of ether oxygens (including phenoxy) is 1. The van der Waals surface area contributed by atoms with E-state index in [9.17, 15) is 13.2 Å². The van der Waals surface area contributed by atoms with Gasteiger partial charge >= 0.3 is 15.3 Å². The smallest absolute Gasteiger partial charge is 0.421 e. The summed E-state index contributed by atoms with van der Waals surface area (Å²) < 4.78 is 27.0. The average Bonchev–Trinajstić information content (AvgIpc) is 2.23. The van der Waals surface area contributed by atoms with Crippen molar-refractivity contribution in [3.05, 3.63) is 30.1 Å². The van der Waals surface area contributed by atoms with Crippen LogP contribution in [0.3, 0.4) is 0 Å². The molecule has 1 rings (SSSR count). The maximum atomic E-state index is 10.9. The first-order valence-corrected chi connectivity index (χ1v) is 7.06. The van der Waals surface area contributed by atoms with Crippen molar-refractivity contribution in [3.63, 3.8) is 0 Å². The highest BCUT2D eigenvalue weighted by Gasteiger charge is 2.10. The van der Waals surface area contributed by atoms with Gasteiger partial charge in [0.1, 0.15) is 0 Å². The van der Waals surface area contributed by atoms with Gasteiger partial charge in [0.05, 0.1) is 6.61 Å². The molecule has 0 fully saturated rings. The minimum Gasteiger partial charge on any atom is -0.449 e. The zero-order valence-electron chi connectivity index (χ0n) is 8.80. The van der Waals surface area contributed by atoms with E-state index < -0.39 is 15.3 Å². The van der Waals surface area contributed by atoms with E-state index in [1.165, 1.54) is 4.72 Å². The number of amides is 1. The highest BCUT2D eigenvalue weighted by molar-refractivity contribution is 8.12. The molecule has 6 nitrogen and oxygen atoms in total. The van der Waals surface area contributed by atoms with Crippen LogP contribution in [-0.4, -0.2) is 26.1 Å². The van der Waals surface area contributed by atoms with Gasteiger partial charge in [-0.25, -0.2) is 9.52 Å². The summed E-state index contributed by atoms with van der Waals surface area (Å²) in [6.45, 7) is 0.112. The SMILES string of the molecule is O=C(NS(=O)(=O)Cl)OCCCc1ccncc1. The van der Waals surface area contributed by atoms with Gasteiger partial charge in [-0.05, 0) is 30.5 Å². The van der Waals surface area contributed by atoms with Crippen molar-refractivity contribution in [1.29, 1.82) is 0 Å². The molecular formula is C9H11ClN2O4S. The minimum atomic E-state index is -4.07. The van der Waals surface area contributed by atoms with Gasteiger partial charge in [-0.2, -0.15) is 8.42 Å². The molecule has 0 bridgehead atoms. The summed E-state index contributed by atoms with van der Waals surface area (Å²) in [6.07, 6.45) is 3.56. The lowest BCUT2D eigenvalue weighted by Gasteiger charge is -2.04. The molecule has 0 aliphatic heterocycles. The standard InChI is InChI=1S/C9H11ClN2O4S/c10-17(14,15)12-9(13)16-7-1-2-8-3-5-11-6-4-8/h3-6H,1-2,7H2,(H,12,13). The Labute approximate surface area is 104 Å². The van der Waals surface area contributed by atoms with Crippen LogP contribution >= 0.6 is 10.7 Å². The Kier molecular flexibility index (Phi) is 5.17. The fourth-order valence-corrected chi connectivity index (χ4v) is 1.57. The van der Waals surface area contributed by atoms with Gasteiger partial charge in [-0.1, -0.05) is 0 Å². The van der Waals surface area contributed by atoms with Gasteiger partial charge in [-0.15, -0.1) is 0 Å². The van der Waals surface area contributed by atoms with Crippen LogP contribution in [0.2, 0.25) is 0 Å². The molecule has 0 aromatic carbocycles. The minimum absolute atomic E-state index is 0.112. The van der Waals surface area contributed by atoms with Crippen LogP contribution in [0, 0.1) is 0 Å². The summed E-state index contributed by atoms with van der Waals surface area (Å²) in [5.74, 6) is 0. The van der Waals surface area contributed by atoms with E-state index >= 15 is 0 Å². The molecule has 0 saturated heterocycles. The van der Waals surface area contributed by atoms with E-state index in [0.717, 1.165) is 5.56 Å². The number of aromatic nitrogens is 1. The number of halogens is 1. The second kappa shape index (κ2) is 6.41. The lowest BCUT2D eigenvalue weighted by atomic mass is 10.1. The molecule has 0 saturated carbocycles. The number of pyridine rings is 1. The first-order valence-electron chi connectivity index (χ1n) is 4.75. The van der Waals surface area contributed by atoms with E-state index in [2.05, 4.69) is 9.72 Å². The van der Waals surface area contributed by atoms with E-state index in [1.54, 1.807) is 12.4 Å². The molecule has 1 aromatic rings. The third-order valence-corrected chi connectivity index (χ3v) is 2.44. The van der Waals surface area contributed by atoms with E-state index in [-0.39, 0.29) is 6.61 Å². The van der Waals surface area contributed by atoms with Gasteiger partial charge < -0.3 is 4.74 Å². The van der Waals surface area contributed by atoms with E-state index in [4.69, 9.17) is 10.7 Å². The van der Waals surface area contributed by atoms with Crippen molar-refractivity contribution < 1.29 is 17.9 Å². The molecule has 0 aliphatic carbocycles. The van der Waals surface area contributed by atoms with Crippen LogP contribution in [0.1, 0.15) is 12.0 Å². The molecule has 0 unspecified atom stereocenters. The van der Waals surface area contributed by atoms with Crippen LogP contribution < -0.4 is 4.72 Å². The number of nitrogens with one attached hydrogen (secondary N) is 1. The number of carbonyl (C=O) groups excluding carboxylic acids is 1. The van der Waals surface area contributed by atoms with Crippen LogP contribution in [0.25, 0.3) is 0 Å². The Hall–Kier alpha value is -1.34. The second-order valence-electron chi connectivity index (χ2n) is 3.13. The topological polar surface area (TPSA) is 85.4 Å². The molecule has 1 amide bonds. The summed E-state index contributed by atoms with van der Waals surface area (Å²) in [5, 5.41) is 0. The molecule has 0 atom stereocenters. The van der Waals surface area contributed by atoms with Gasteiger partial charge in [0.2, 0.25) is 0 Å². The summed E-state index contributed by atoms with van der Waals surface area (Å²) in [4.78, 5) is 14.7. The van der Waals surface area contributed by atoms with Crippen molar-refractivity contribution in [2.75, 3.05) is 6.61 Å². The zero-order valence-corrected chi connectivity index (χ0v) is 10.4. The largest absolute Gasteiger partial charge is 0.449 e. The predicted octanol–water partition coefficient (Wildman–Crippen LogP) is 1.22. The molecule has 0 radical (unpaired) electrons. The highest BCUT2D eigenvalue weighted by Crippen LogP contribution is 2.01. The van der Waals surface area contributed by atoms with Crippen LogP contribution in [-0.2, 0) is 20.4 Å². The Bertz CT molecular complexity index is 463. The summed E-state index contributed by atoms with van der Waals surface area (Å²) in [5.41, 5.74) is 1.06. The lowest BCUT2D eigenvalue weighted by molar-refractivity contribution is 0.151. The zero-order chi connectivity index (χ0) is 12.7. The Morgan fingerprint density at radius 3 is 2.65 bits per heavy atom. The summed E-state index contributed by atoms with van der Waals surface area (Å²) in [7, 11) is 0.717. The molecule has 8 heteroatoms. The average molecular weight is 279 g/mol. The van der Waals surface area contributed by atoms with Crippen LogP contribution in [0.15, 0.2) is 24.5 Å². The predicted molar refractivity (Wildman–Crippen MR) is 61.8 cm³/mol. The molecular weight excluding hydrogens is 268 g/mol. The second-order valence-corrected chi connectivity index (χ2v) is 5.43. The van der Waals surface area contributed by atoms with Gasteiger partial charge in [0, 0.05) is 23.1 Å². The van der Waals surface area contributed by atoms with E-state index in [0.29, 0.717) is 12.8 Å². The first-order chi connectivity index (χ1) is 7.97.